The van der Waals surface area contributed by atoms with Crippen molar-refractivity contribution in [3.05, 3.63) is 16.3 Å². The second-order valence-corrected chi connectivity index (χ2v) is 6.93. The molecule has 0 aliphatic rings. The van der Waals surface area contributed by atoms with E-state index in [1.165, 1.54) is 17.2 Å². The van der Waals surface area contributed by atoms with Crippen LogP contribution >= 0.6 is 11.3 Å². The van der Waals surface area contributed by atoms with Crippen molar-refractivity contribution in [2.75, 3.05) is 13.1 Å². The van der Waals surface area contributed by atoms with Crippen molar-refractivity contribution in [3.63, 3.8) is 0 Å². The number of nitrogens with one attached hydrogen (secondary N) is 1. The van der Waals surface area contributed by atoms with Gasteiger partial charge in [-0.05, 0) is 26.8 Å². The molecule has 9 heteroatoms. The second-order valence-electron chi connectivity index (χ2n) is 4.31. The lowest BCUT2D eigenvalue weighted by molar-refractivity contribution is -0.132. The zero-order chi connectivity index (χ0) is 16.2. The number of nitrogens with zero attached hydrogens (tertiary/aromatic N) is 1. The van der Waals surface area contributed by atoms with Gasteiger partial charge in [0.15, 0.2) is 0 Å². The highest BCUT2D eigenvalue weighted by Gasteiger charge is 2.26. The van der Waals surface area contributed by atoms with E-state index < -0.39 is 22.0 Å². The Morgan fingerprint density at radius 3 is 2.38 bits per heavy atom. The quantitative estimate of drug-likeness (QED) is 0.773. The van der Waals surface area contributed by atoms with Crippen molar-refractivity contribution in [3.8, 4) is 0 Å². The molecule has 1 atom stereocenters. The van der Waals surface area contributed by atoms with Gasteiger partial charge < -0.3 is 10.0 Å². The van der Waals surface area contributed by atoms with Crippen LogP contribution in [0.5, 0.6) is 0 Å². The summed E-state index contributed by atoms with van der Waals surface area (Å²) in [5.74, 6) is -1.51. The molecule has 1 rings (SSSR count). The van der Waals surface area contributed by atoms with Crippen molar-refractivity contribution >= 4 is 33.2 Å². The maximum absolute atomic E-state index is 12.1. The highest BCUT2D eigenvalue weighted by Crippen LogP contribution is 2.19. The zero-order valence-electron chi connectivity index (χ0n) is 12.0. The molecular formula is C12H18N2O5S2. The highest BCUT2D eigenvalue weighted by molar-refractivity contribution is 7.89. The first-order valence-corrected chi connectivity index (χ1v) is 8.72. The summed E-state index contributed by atoms with van der Waals surface area (Å²) in [6.07, 6.45) is 0. The standard InChI is InChI=1S/C12H18N2O5S2/c1-4-14(5-2)11(15)8(3)13-21(18,19)9-6-10(12(16)17)20-7-9/h6-8,13H,4-5H2,1-3H3,(H,16,17). The largest absolute Gasteiger partial charge is 0.477 e. The van der Waals surface area contributed by atoms with E-state index in [0.29, 0.717) is 13.1 Å². The minimum Gasteiger partial charge on any atom is -0.477 e. The maximum atomic E-state index is 12.1. The SMILES string of the molecule is CCN(CC)C(=O)C(C)NS(=O)(=O)c1csc(C(=O)O)c1. The highest BCUT2D eigenvalue weighted by atomic mass is 32.2. The molecule has 0 spiro atoms. The van der Waals surface area contributed by atoms with Gasteiger partial charge >= 0.3 is 5.97 Å². The molecule has 118 valence electrons. The Morgan fingerprint density at radius 1 is 1.38 bits per heavy atom. The summed E-state index contributed by atoms with van der Waals surface area (Å²) in [5.41, 5.74) is 0. The number of hydrogen-bond donors (Lipinski definition) is 2. The van der Waals surface area contributed by atoms with Crippen LogP contribution in [-0.4, -0.2) is 49.4 Å². The molecule has 0 aromatic carbocycles. The van der Waals surface area contributed by atoms with Gasteiger partial charge in [-0.25, -0.2) is 13.2 Å². The van der Waals surface area contributed by atoms with E-state index in [4.69, 9.17) is 5.11 Å². The van der Waals surface area contributed by atoms with Gasteiger partial charge in [0.2, 0.25) is 15.9 Å². The molecule has 0 saturated carbocycles. The Bertz CT molecular complexity index is 619. The van der Waals surface area contributed by atoms with Crippen molar-refractivity contribution in [2.24, 2.45) is 0 Å². The number of sulfonamides is 1. The predicted octanol–water partition coefficient (Wildman–Crippen LogP) is 0.981. The Balaban J connectivity index is 2.89. The number of carbonyl (C=O) groups excluding carboxylic acids is 1. The molecule has 0 saturated heterocycles. The molecule has 21 heavy (non-hydrogen) atoms. The second kappa shape index (κ2) is 7.01. The minimum atomic E-state index is -3.92. The topological polar surface area (TPSA) is 104 Å². The van der Waals surface area contributed by atoms with Crippen molar-refractivity contribution in [1.82, 2.24) is 9.62 Å². The summed E-state index contributed by atoms with van der Waals surface area (Å²) in [6, 6.07) is 0.160. The normalized spacial score (nSPS) is 12.9. The van der Waals surface area contributed by atoms with Gasteiger partial charge in [-0.1, -0.05) is 0 Å². The number of likely N-dealkylation sites (N-methyl/N-ethyl adjacent to an activating group) is 1. The summed E-state index contributed by atoms with van der Waals surface area (Å²) in [7, 11) is -3.92. The number of thiophene rings is 1. The number of amides is 1. The van der Waals surface area contributed by atoms with Crippen LogP contribution in [0.4, 0.5) is 0 Å². The van der Waals surface area contributed by atoms with Crippen molar-refractivity contribution < 1.29 is 23.1 Å². The molecule has 1 aromatic rings. The Labute approximate surface area is 127 Å². The average molecular weight is 334 g/mol. The monoisotopic (exact) mass is 334 g/mol. The van der Waals surface area contributed by atoms with E-state index in [9.17, 15) is 18.0 Å². The first-order valence-electron chi connectivity index (χ1n) is 6.35. The Hall–Kier alpha value is -1.45. The molecule has 2 N–H and O–H groups in total. The molecule has 0 bridgehead atoms. The van der Waals surface area contributed by atoms with E-state index in [-0.39, 0.29) is 15.7 Å². The summed E-state index contributed by atoms with van der Waals surface area (Å²) in [5, 5.41) is 10.0. The van der Waals surface area contributed by atoms with E-state index in [2.05, 4.69) is 4.72 Å². The average Bonchev–Trinajstić information content (AvgIpc) is 2.90. The first-order chi connectivity index (χ1) is 9.72. The maximum Gasteiger partial charge on any atom is 0.345 e. The molecule has 0 fully saturated rings. The molecule has 7 nitrogen and oxygen atoms in total. The molecule has 1 aromatic heterocycles. The summed E-state index contributed by atoms with van der Waals surface area (Å²) >= 11 is 0.821. The number of carboxylic acids is 1. The van der Waals surface area contributed by atoms with Gasteiger partial charge in [0.25, 0.3) is 0 Å². The Morgan fingerprint density at radius 2 is 1.95 bits per heavy atom. The van der Waals surface area contributed by atoms with Crippen LogP contribution in [0.15, 0.2) is 16.3 Å². The third kappa shape index (κ3) is 4.26. The molecule has 0 radical (unpaired) electrons. The van der Waals surface area contributed by atoms with Crippen LogP contribution in [0.3, 0.4) is 0 Å². The lowest BCUT2D eigenvalue weighted by Gasteiger charge is -2.23. The van der Waals surface area contributed by atoms with E-state index in [0.717, 1.165) is 17.4 Å². The first kappa shape index (κ1) is 17.6. The fourth-order valence-electron chi connectivity index (χ4n) is 1.73. The van der Waals surface area contributed by atoms with Gasteiger partial charge in [0.05, 0.1) is 10.9 Å². The van der Waals surface area contributed by atoms with Gasteiger partial charge in [-0.15, -0.1) is 11.3 Å². The van der Waals surface area contributed by atoms with E-state index >= 15 is 0 Å². The molecular weight excluding hydrogens is 316 g/mol. The number of rotatable bonds is 7. The fourth-order valence-corrected chi connectivity index (χ4v) is 4.04. The number of hydrogen-bond acceptors (Lipinski definition) is 5. The van der Waals surface area contributed by atoms with Gasteiger partial charge in [0, 0.05) is 18.5 Å². The summed E-state index contributed by atoms with van der Waals surface area (Å²) < 4.78 is 26.5. The minimum absolute atomic E-state index is 0.0712. The van der Waals surface area contributed by atoms with Crippen molar-refractivity contribution in [1.29, 1.82) is 0 Å². The lowest BCUT2D eigenvalue weighted by atomic mass is 10.3. The van der Waals surface area contributed by atoms with E-state index in [1.807, 2.05) is 0 Å². The van der Waals surface area contributed by atoms with Gasteiger partial charge in [-0.3, -0.25) is 4.79 Å². The zero-order valence-corrected chi connectivity index (χ0v) is 13.6. The van der Waals surface area contributed by atoms with E-state index in [1.54, 1.807) is 13.8 Å². The number of carbonyl (C=O) groups is 2. The van der Waals surface area contributed by atoms with Crippen LogP contribution < -0.4 is 4.72 Å². The van der Waals surface area contributed by atoms with Crippen LogP contribution in [0.1, 0.15) is 30.4 Å². The van der Waals surface area contributed by atoms with Crippen molar-refractivity contribution in [2.45, 2.75) is 31.7 Å². The molecule has 0 aliphatic heterocycles. The molecule has 1 unspecified atom stereocenters. The lowest BCUT2D eigenvalue weighted by Crippen LogP contribution is -2.46. The molecule has 0 aliphatic carbocycles. The van der Waals surface area contributed by atoms with Crippen LogP contribution in [0, 0.1) is 0 Å². The van der Waals surface area contributed by atoms with Gasteiger partial charge in [0.1, 0.15) is 4.88 Å². The van der Waals surface area contributed by atoms with Crippen LogP contribution in [0.2, 0.25) is 0 Å². The van der Waals surface area contributed by atoms with Gasteiger partial charge in [-0.2, -0.15) is 4.72 Å². The molecule has 1 heterocycles. The third-order valence-corrected chi connectivity index (χ3v) is 5.46. The molecule has 1 amide bonds. The number of aromatic carboxylic acids is 1. The summed E-state index contributed by atoms with van der Waals surface area (Å²) in [6.45, 7) is 6.05. The smallest absolute Gasteiger partial charge is 0.345 e. The third-order valence-electron chi connectivity index (χ3n) is 2.87. The Kier molecular flexibility index (Phi) is 5.87. The fraction of sp³-hybridized carbons (Fsp3) is 0.500. The summed E-state index contributed by atoms with van der Waals surface area (Å²) in [4.78, 5) is 24.1. The van der Waals surface area contributed by atoms with Crippen LogP contribution in [-0.2, 0) is 14.8 Å². The predicted molar refractivity (Wildman–Crippen MR) is 79.0 cm³/mol. The number of carboxylic acid groups (broad SMARTS) is 1. The van der Waals surface area contributed by atoms with Crippen LogP contribution in [0.25, 0.3) is 0 Å².